The molecule has 0 heterocycles. The number of phenols is 1. The van der Waals surface area contributed by atoms with Crippen LogP contribution < -0.4 is 5.32 Å². The van der Waals surface area contributed by atoms with E-state index in [1.54, 1.807) is 13.0 Å². The van der Waals surface area contributed by atoms with Crippen LogP contribution in [0.3, 0.4) is 0 Å². The van der Waals surface area contributed by atoms with E-state index < -0.39 is 34.0 Å². The number of anilines is 1. The van der Waals surface area contributed by atoms with Gasteiger partial charge < -0.3 is 10.4 Å². The molecule has 2 N–H and O–H groups in total. The first-order chi connectivity index (χ1) is 10.8. The minimum atomic E-state index is -0.813. The second kappa shape index (κ2) is 6.62. The Hall–Kier alpha value is -2.67. The van der Waals surface area contributed by atoms with Crippen molar-refractivity contribution in [2.45, 2.75) is 12.8 Å². The Morgan fingerprint density at radius 2 is 2.09 bits per heavy atom. The third-order valence-corrected chi connectivity index (χ3v) is 3.47. The molecule has 0 bridgehead atoms. The number of benzene rings is 2. The van der Waals surface area contributed by atoms with Crippen molar-refractivity contribution >= 4 is 28.9 Å². The molecule has 0 aromatic heterocycles. The van der Waals surface area contributed by atoms with E-state index in [0.717, 1.165) is 6.07 Å². The maximum absolute atomic E-state index is 13.2. The minimum Gasteiger partial charge on any atom is -0.501 e. The average molecular weight is 339 g/mol. The summed E-state index contributed by atoms with van der Waals surface area (Å²) in [6.07, 6.45) is 0. The number of hydrogen-bond acceptors (Lipinski definition) is 4. The van der Waals surface area contributed by atoms with Crippen LogP contribution in [0.15, 0.2) is 36.4 Å². The van der Waals surface area contributed by atoms with Crippen molar-refractivity contribution in [3.05, 3.63) is 62.9 Å². The van der Waals surface area contributed by atoms with E-state index in [4.69, 9.17) is 11.6 Å². The smallest absolute Gasteiger partial charge is 0.314 e. The van der Waals surface area contributed by atoms with Gasteiger partial charge in [-0.2, -0.15) is 0 Å². The Morgan fingerprint density at radius 3 is 2.70 bits per heavy atom. The van der Waals surface area contributed by atoms with Gasteiger partial charge in [-0.05, 0) is 30.7 Å². The van der Waals surface area contributed by atoms with Gasteiger partial charge in [0.25, 0.3) is 0 Å². The second-order valence-corrected chi connectivity index (χ2v) is 5.28. The molecule has 120 valence electrons. The van der Waals surface area contributed by atoms with Gasteiger partial charge in [-0.1, -0.05) is 23.7 Å². The molecular weight excluding hydrogens is 327 g/mol. The van der Waals surface area contributed by atoms with Crippen LogP contribution in [0.2, 0.25) is 5.02 Å². The van der Waals surface area contributed by atoms with Crippen molar-refractivity contribution in [1.29, 1.82) is 0 Å². The van der Waals surface area contributed by atoms with E-state index in [1.807, 2.05) is 0 Å². The van der Waals surface area contributed by atoms with Crippen molar-refractivity contribution in [1.82, 2.24) is 0 Å². The number of nitro benzene ring substituents is 1. The number of phenolic OH excluding ortho intramolecular Hbond substituents is 1. The molecule has 0 radical (unpaired) electrons. The summed E-state index contributed by atoms with van der Waals surface area (Å²) < 4.78 is 13.2. The van der Waals surface area contributed by atoms with Gasteiger partial charge in [0, 0.05) is 11.1 Å². The SMILES string of the molecule is C[C@@H](C(=O)Nc1cc(Cl)cc([N+](=O)[O-])c1O)c1cccc(F)c1. The lowest BCUT2D eigenvalue weighted by Gasteiger charge is -2.14. The number of amides is 1. The molecule has 0 aliphatic rings. The zero-order valence-electron chi connectivity index (χ0n) is 11.9. The number of hydrogen-bond donors (Lipinski definition) is 2. The highest BCUT2D eigenvalue weighted by atomic mass is 35.5. The molecule has 0 aliphatic carbocycles. The molecule has 0 saturated carbocycles. The highest BCUT2D eigenvalue weighted by Gasteiger charge is 2.22. The topological polar surface area (TPSA) is 92.5 Å². The maximum atomic E-state index is 13.2. The maximum Gasteiger partial charge on any atom is 0.314 e. The zero-order valence-corrected chi connectivity index (χ0v) is 12.7. The summed E-state index contributed by atoms with van der Waals surface area (Å²) in [6, 6.07) is 7.68. The highest BCUT2D eigenvalue weighted by molar-refractivity contribution is 6.31. The van der Waals surface area contributed by atoms with E-state index in [2.05, 4.69) is 5.32 Å². The summed E-state index contributed by atoms with van der Waals surface area (Å²) in [5.74, 6) is -2.48. The first-order valence-corrected chi connectivity index (χ1v) is 6.90. The molecular formula is C15H12ClFN2O4. The Morgan fingerprint density at radius 1 is 1.39 bits per heavy atom. The lowest BCUT2D eigenvalue weighted by Crippen LogP contribution is -2.19. The predicted molar refractivity (Wildman–Crippen MR) is 83.2 cm³/mol. The summed E-state index contributed by atoms with van der Waals surface area (Å²) in [5.41, 5.74) is -0.373. The number of nitrogens with one attached hydrogen (secondary N) is 1. The van der Waals surface area contributed by atoms with Crippen LogP contribution in [0.4, 0.5) is 15.8 Å². The molecule has 8 heteroatoms. The van der Waals surface area contributed by atoms with Gasteiger partial charge in [0.15, 0.2) is 0 Å². The summed E-state index contributed by atoms with van der Waals surface area (Å²) in [5, 5.41) is 23.0. The lowest BCUT2D eigenvalue weighted by atomic mass is 10.00. The minimum absolute atomic E-state index is 0.0109. The lowest BCUT2D eigenvalue weighted by molar-refractivity contribution is -0.385. The van der Waals surface area contributed by atoms with Gasteiger partial charge in [0.1, 0.15) is 5.82 Å². The second-order valence-electron chi connectivity index (χ2n) is 4.84. The molecule has 0 fully saturated rings. The van der Waals surface area contributed by atoms with Gasteiger partial charge in [-0.25, -0.2) is 4.39 Å². The number of rotatable bonds is 4. The van der Waals surface area contributed by atoms with Gasteiger partial charge >= 0.3 is 5.69 Å². The van der Waals surface area contributed by atoms with Crippen LogP contribution in [0.1, 0.15) is 18.4 Å². The molecule has 1 atom stereocenters. The molecule has 1 amide bonds. The van der Waals surface area contributed by atoms with Gasteiger partial charge in [0.2, 0.25) is 11.7 Å². The van der Waals surface area contributed by atoms with Crippen molar-refractivity contribution in [2.24, 2.45) is 0 Å². The molecule has 0 aliphatic heterocycles. The third kappa shape index (κ3) is 3.75. The zero-order chi connectivity index (χ0) is 17.1. The molecule has 0 spiro atoms. The Labute approximate surface area is 135 Å². The van der Waals surface area contributed by atoms with Crippen LogP contribution in [0, 0.1) is 15.9 Å². The Kier molecular flexibility index (Phi) is 4.80. The summed E-state index contributed by atoms with van der Waals surface area (Å²) >= 11 is 5.75. The van der Waals surface area contributed by atoms with Gasteiger partial charge in [0.05, 0.1) is 16.5 Å². The molecule has 23 heavy (non-hydrogen) atoms. The number of nitrogens with zero attached hydrogens (tertiary/aromatic N) is 1. The Balaban J connectivity index is 2.28. The molecule has 6 nitrogen and oxygen atoms in total. The Bertz CT molecular complexity index is 782. The first kappa shape index (κ1) is 16.7. The molecule has 0 unspecified atom stereocenters. The number of aromatic hydroxyl groups is 1. The monoisotopic (exact) mass is 338 g/mol. The highest BCUT2D eigenvalue weighted by Crippen LogP contribution is 2.37. The van der Waals surface area contributed by atoms with Crippen LogP contribution in [-0.2, 0) is 4.79 Å². The molecule has 2 aromatic rings. The van der Waals surface area contributed by atoms with E-state index in [1.165, 1.54) is 24.3 Å². The van der Waals surface area contributed by atoms with Crippen LogP contribution in [-0.4, -0.2) is 15.9 Å². The fourth-order valence-corrected chi connectivity index (χ4v) is 2.20. The van der Waals surface area contributed by atoms with Gasteiger partial charge in [-0.3, -0.25) is 14.9 Å². The fraction of sp³-hybridized carbons (Fsp3) is 0.133. The van der Waals surface area contributed by atoms with Crippen molar-refractivity contribution in [3.63, 3.8) is 0 Å². The van der Waals surface area contributed by atoms with Crippen molar-refractivity contribution in [3.8, 4) is 5.75 Å². The molecule has 2 rings (SSSR count). The van der Waals surface area contributed by atoms with E-state index in [-0.39, 0.29) is 10.7 Å². The fourth-order valence-electron chi connectivity index (χ4n) is 1.99. The predicted octanol–water partition coefficient (Wildman–Crippen LogP) is 3.84. The number of carbonyl (C=O) groups is 1. The van der Waals surface area contributed by atoms with Crippen LogP contribution >= 0.6 is 11.6 Å². The van der Waals surface area contributed by atoms with Crippen molar-refractivity contribution in [2.75, 3.05) is 5.32 Å². The van der Waals surface area contributed by atoms with E-state index in [9.17, 15) is 24.4 Å². The summed E-state index contributed by atoms with van der Waals surface area (Å²) in [4.78, 5) is 22.2. The van der Waals surface area contributed by atoms with Crippen LogP contribution in [0.5, 0.6) is 5.75 Å². The van der Waals surface area contributed by atoms with E-state index >= 15 is 0 Å². The normalized spacial score (nSPS) is 11.8. The summed E-state index contributed by atoms with van der Waals surface area (Å²) in [7, 11) is 0. The quantitative estimate of drug-likeness (QED) is 0.503. The molecule has 0 saturated heterocycles. The average Bonchev–Trinajstić information content (AvgIpc) is 2.49. The number of halogens is 2. The van der Waals surface area contributed by atoms with E-state index in [0.29, 0.717) is 5.56 Å². The standard InChI is InChI=1S/C15H12ClFN2O4/c1-8(9-3-2-4-11(17)5-9)15(21)18-12-6-10(16)7-13(14(12)20)19(22)23/h2-8,20H,1H3,(H,18,21)/t8-/m1/s1. The largest absolute Gasteiger partial charge is 0.501 e. The third-order valence-electron chi connectivity index (χ3n) is 3.25. The summed E-state index contributed by atoms with van der Waals surface area (Å²) in [6.45, 7) is 1.54. The van der Waals surface area contributed by atoms with Crippen LogP contribution in [0.25, 0.3) is 0 Å². The first-order valence-electron chi connectivity index (χ1n) is 6.53. The van der Waals surface area contributed by atoms with Crippen molar-refractivity contribution < 1.29 is 19.2 Å². The number of nitro groups is 1. The number of carbonyl (C=O) groups excluding carboxylic acids is 1. The van der Waals surface area contributed by atoms with Gasteiger partial charge in [-0.15, -0.1) is 0 Å². The molecule has 2 aromatic carbocycles.